The van der Waals surface area contributed by atoms with Gasteiger partial charge in [0.2, 0.25) is 5.95 Å². The molecule has 0 saturated heterocycles. The molecule has 4 nitrogen and oxygen atoms in total. The first-order chi connectivity index (χ1) is 6.06. The summed E-state index contributed by atoms with van der Waals surface area (Å²) in [5.41, 5.74) is 5.49. The molecule has 0 aromatic carbocycles. The lowest BCUT2D eigenvalue weighted by molar-refractivity contribution is 0.338. The van der Waals surface area contributed by atoms with Crippen molar-refractivity contribution >= 4 is 21.9 Å². The number of aromatic nitrogens is 3. The molecule has 0 radical (unpaired) electrons. The minimum Gasteiger partial charge on any atom is -0.366 e. The van der Waals surface area contributed by atoms with Crippen molar-refractivity contribution in [3.8, 4) is 0 Å². The third-order valence-electron chi connectivity index (χ3n) is 2.46. The average Bonchev–Trinajstić information content (AvgIpc) is 2.42. The van der Waals surface area contributed by atoms with Gasteiger partial charge in [0, 0.05) is 0 Å². The van der Waals surface area contributed by atoms with Crippen LogP contribution in [0.25, 0.3) is 0 Å². The topological polar surface area (TPSA) is 56.7 Å². The molecule has 0 saturated carbocycles. The predicted molar refractivity (Wildman–Crippen MR) is 56.3 cm³/mol. The number of anilines is 1. The molecule has 0 aliphatic carbocycles. The van der Waals surface area contributed by atoms with E-state index in [2.05, 4.69) is 46.8 Å². The van der Waals surface area contributed by atoms with Gasteiger partial charge in [0.15, 0.2) is 4.73 Å². The number of nitrogens with two attached hydrogens (primary N) is 1. The molecule has 1 heterocycles. The fraction of sp³-hybridized carbons (Fsp3) is 0.750. The third-order valence-corrected chi connectivity index (χ3v) is 3.00. The van der Waals surface area contributed by atoms with Gasteiger partial charge in [0.1, 0.15) is 0 Å². The first-order valence-electron chi connectivity index (χ1n) is 4.43. The van der Waals surface area contributed by atoms with Crippen LogP contribution in [0.3, 0.4) is 0 Å². The van der Waals surface area contributed by atoms with Gasteiger partial charge in [-0.3, -0.25) is 0 Å². The summed E-state index contributed by atoms with van der Waals surface area (Å²) in [5.74, 6) is 0.888. The second kappa shape index (κ2) is 4.09. The molecular weight excluding hydrogens is 232 g/mol. The van der Waals surface area contributed by atoms with Gasteiger partial charge in [-0.2, -0.15) is 4.98 Å². The molecule has 5 heteroatoms. The number of hydrogen-bond acceptors (Lipinski definition) is 3. The maximum absolute atomic E-state index is 5.49. The zero-order chi connectivity index (χ0) is 10.0. The van der Waals surface area contributed by atoms with Crippen molar-refractivity contribution < 1.29 is 0 Å². The molecule has 2 N–H and O–H groups in total. The van der Waals surface area contributed by atoms with Crippen LogP contribution in [0.4, 0.5) is 5.95 Å². The van der Waals surface area contributed by atoms with Gasteiger partial charge in [0.25, 0.3) is 0 Å². The Morgan fingerprint density at radius 3 is 2.54 bits per heavy atom. The van der Waals surface area contributed by atoms with Crippen molar-refractivity contribution in [1.82, 2.24) is 14.8 Å². The van der Waals surface area contributed by atoms with Crippen LogP contribution in [0.5, 0.6) is 0 Å². The molecule has 0 bridgehead atoms. The van der Waals surface area contributed by atoms with Crippen LogP contribution in [0.2, 0.25) is 0 Å². The highest BCUT2D eigenvalue weighted by atomic mass is 79.9. The first-order valence-corrected chi connectivity index (χ1v) is 5.23. The highest BCUT2D eigenvalue weighted by molar-refractivity contribution is 9.10. The van der Waals surface area contributed by atoms with Crippen LogP contribution in [-0.2, 0) is 0 Å². The quantitative estimate of drug-likeness (QED) is 0.890. The Hall–Kier alpha value is -0.580. The Morgan fingerprint density at radius 2 is 2.15 bits per heavy atom. The van der Waals surface area contributed by atoms with Crippen molar-refractivity contribution in [3.05, 3.63) is 4.73 Å². The summed E-state index contributed by atoms with van der Waals surface area (Å²) in [6.07, 6.45) is 1.12. The molecular formula is C8H15BrN4. The summed E-state index contributed by atoms with van der Waals surface area (Å²) in [5, 5.41) is 4.12. The Balaban J connectivity index is 2.87. The Kier molecular flexibility index (Phi) is 3.30. The Labute approximate surface area is 86.7 Å². The zero-order valence-corrected chi connectivity index (χ0v) is 9.74. The summed E-state index contributed by atoms with van der Waals surface area (Å²) in [6, 6.07) is 0.323. The summed E-state index contributed by atoms with van der Waals surface area (Å²) < 4.78 is 2.53. The molecule has 13 heavy (non-hydrogen) atoms. The summed E-state index contributed by atoms with van der Waals surface area (Å²) in [7, 11) is 0. The molecule has 2 atom stereocenters. The molecule has 0 spiro atoms. The molecule has 0 amide bonds. The van der Waals surface area contributed by atoms with Gasteiger partial charge >= 0.3 is 0 Å². The summed E-state index contributed by atoms with van der Waals surface area (Å²) in [4.78, 5) is 4.00. The van der Waals surface area contributed by atoms with E-state index in [0.29, 0.717) is 22.6 Å². The van der Waals surface area contributed by atoms with Crippen LogP contribution in [0.1, 0.15) is 33.2 Å². The van der Waals surface area contributed by atoms with Crippen LogP contribution >= 0.6 is 15.9 Å². The molecule has 1 aromatic rings. The number of rotatable bonds is 3. The predicted octanol–water partition coefficient (Wildman–Crippen LogP) is 2.23. The van der Waals surface area contributed by atoms with Gasteiger partial charge in [-0.05, 0) is 28.8 Å². The third kappa shape index (κ3) is 2.21. The monoisotopic (exact) mass is 246 g/mol. The minimum absolute atomic E-state index is 0.321. The average molecular weight is 247 g/mol. The smallest absolute Gasteiger partial charge is 0.240 e. The lowest BCUT2D eigenvalue weighted by atomic mass is 10.0. The Morgan fingerprint density at radius 1 is 1.54 bits per heavy atom. The van der Waals surface area contributed by atoms with E-state index in [1.165, 1.54) is 0 Å². The standard InChI is InChI=1S/C8H15BrN4/c1-4-5(2)6(3)13-7(9)11-8(10)12-13/h5-6H,4H2,1-3H3,(H2,10,12). The van der Waals surface area contributed by atoms with E-state index < -0.39 is 0 Å². The summed E-state index contributed by atoms with van der Waals surface area (Å²) in [6.45, 7) is 6.47. The van der Waals surface area contributed by atoms with E-state index in [0.717, 1.165) is 6.42 Å². The van der Waals surface area contributed by atoms with Crippen molar-refractivity contribution in [1.29, 1.82) is 0 Å². The second-order valence-corrected chi connectivity index (χ2v) is 4.02. The van der Waals surface area contributed by atoms with E-state index in [1.54, 1.807) is 0 Å². The largest absolute Gasteiger partial charge is 0.366 e. The molecule has 0 aliphatic heterocycles. The van der Waals surface area contributed by atoms with E-state index in [1.807, 2.05) is 4.68 Å². The zero-order valence-electron chi connectivity index (χ0n) is 8.16. The lowest BCUT2D eigenvalue weighted by Gasteiger charge is -2.18. The number of hydrogen-bond donors (Lipinski definition) is 1. The molecule has 2 unspecified atom stereocenters. The van der Waals surface area contributed by atoms with Crippen molar-refractivity contribution in [2.24, 2.45) is 5.92 Å². The van der Waals surface area contributed by atoms with E-state index in [9.17, 15) is 0 Å². The SMILES string of the molecule is CCC(C)C(C)n1nc(N)nc1Br. The minimum atomic E-state index is 0.321. The van der Waals surface area contributed by atoms with Crippen LogP contribution in [0, 0.1) is 5.92 Å². The van der Waals surface area contributed by atoms with Gasteiger partial charge in [0.05, 0.1) is 6.04 Å². The van der Waals surface area contributed by atoms with Crippen molar-refractivity contribution in [3.63, 3.8) is 0 Å². The number of nitrogens with zero attached hydrogens (tertiary/aromatic N) is 3. The summed E-state index contributed by atoms with van der Waals surface area (Å²) >= 11 is 3.32. The number of nitrogen functional groups attached to an aromatic ring is 1. The highest BCUT2D eigenvalue weighted by Gasteiger charge is 2.16. The molecule has 0 fully saturated rings. The maximum atomic E-state index is 5.49. The maximum Gasteiger partial charge on any atom is 0.240 e. The van der Waals surface area contributed by atoms with Crippen LogP contribution < -0.4 is 5.73 Å². The molecule has 74 valence electrons. The fourth-order valence-electron chi connectivity index (χ4n) is 1.16. The van der Waals surface area contributed by atoms with Gasteiger partial charge < -0.3 is 5.73 Å². The van der Waals surface area contributed by atoms with Crippen molar-refractivity contribution in [2.75, 3.05) is 5.73 Å². The van der Waals surface area contributed by atoms with Crippen LogP contribution in [0.15, 0.2) is 4.73 Å². The van der Waals surface area contributed by atoms with Gasteiger partial charge in [-0.15, -0.1) is 5.10 Å². The number of halogens is 1. The van der Waals surface area contributed by atoms with E-state index >= 15 is 0 Å². The van der Waals surface area contributed by atoms with Gasteiger partial charge in [-0.1, -0.05) is 20.3 Å². The lowest BCUT2D eigenvalue weighted by Crippen LogP contribution is -2.15. The van der Waals surface area contributed by atoms with E-state index in [-0.39, 0.29) is 0 Å². The van der Waals surface area contributed by atoms with Gasteiger partial charge in [-0.25, -0.2) is 4.68 Å². The van der Waals surface area contributed by atoms with Crippen molar-refractivity contribution in [2.45, 2.75) is 33.2 Å². The van der Waals surface area contributed by atoms with E-state index in [4.69, 9.17) is 5.73 Å². The highest BCUT2D eigenvalue weighted by Crippen LogP contribution is 2.23. The van der Waals surface area contributed by atoms with Crippen LogP contribution in [-0.4, -0.2) is 14.8 Å². The molecule has 0 aliphatic rings. The first kappa shape index (κ1) is 10.5. The Bertz CT molecular complexity index is 284. The fourth-order valence-corrected chi connectivity index (χ4v) is 1.74. The molecule has 1 aromatic heterocycles. The normalized spacial score (nSPS) is 15.7. The second-order valence-electron chi connectivity index (χ2n) is 3.31. The molecule has 1 rings (SSSR count).